The van der Waals surface area contributed by atoms with E-state index in [1.54, 1.807) is 0 Å². The van der Waals surface area contributed by atoms with Gasteiger partial charge >= 0.3 is 0 Å². The van der Waals surface area contributed by atoms with Crippen molar-refractivity contribution in [1.82, 2.24) is 0 Å². The Morgan fingerprint density at radius 1 is 1.10 bits per heavy atom. The largest absolute Gasteiger partial charge is 0.0679 e. The Bertz CT molecular complexity index is 77.0. The van der Waals surface area contributed by atoms with E-state index in [1.165, 1.54) is 18.1 Å². The van der Waals surface area contributed by atoms with Crippen molar-refractivity contribution in [3.05, 3.63) is 0 Å². The van der Waals surface area contributed by atoms with Crippen LogP contribution in [0.15, 0.2) is 0 Å². The van der Waals surface area contributed by atoms with Crippen molar-refractivity contribution >= 4 is 18.3 Å². The molecule has 0 aromatic heterocycles. The molecule has 0 bridgehead atoms. The first-order chi connectivity index (χ1) is 4.63. The fourth-order valence-corrected chi connectivity index (χ4v) is 6.84. The van der Waals surface area contributed by atoms with Crippen LogP contribution < -0.4 is 0 Å². The molecule has 0 saturated heterocycles. The lowest BCUT2D eigenvalue weighted by molar-refractivity contribution is 1.07. The molecular formula is C8H19Si2. The van der Waals surface area contributed by atoms with Crippen LogP contribution in [0.1, 0.15) is 27.7 Å². The second kappa shape index (κ2) is 4.34. The van der Waals surface area contributed by atoms with Crippen LogP contribution in [-0.2, 0) is 0 Å². The molecule has 3 radical (unpaired) electrons. The molecule has 1 atom stereocenters. The predicted molar refractivity (Wildman–Crippen MR) is 52.4 cm³/mol. The third-order valence-electron chi connectivity index (χ3n) is 3.03. The first kappa shape index (κ1) is 10.4. The topological polar surface area (TPSA) is 0 Å². The van der Waals surface area contributed by atoms with Crippen LogP contribution in [0.5, 0.6) is 0 Å². The van der Waals surface area contributed by atoms with Crippen LogP contribution in [0.3, 0.4) is 0 Å². The van der Waals surface area contributed by atoms with E-state index in [2.05, 4.69) is 37.9 Å². The summed E-state index contributed by atoms with van der Waals surface area (Å²) in [6.45, 7) is 9.35. The summed E-state index contributed by atoms with van der Waals surface area (Å²) in [6.07, 6.45) is 0. The molecule has 2 heteroatoms. The molecule has 0 aliphatic rings. The van der Waals surface area contributed by atoms with Crippen molar-refractivity contribution in [3.8, 4) is 0 Å². The van der Waals surface area contributed by atoms with Gasteiger partial charge in [-0.05, 0) is 0 Å². The average molecular weight is 171 g/mol. The van der Waals surface area contributed by atoms with Crippen LogP contribution in [0.25, 0.3) is 0 Å². The predicted octanol–water partition coefficient (Wildman–Crippen LogP) is 3.01. The van der Waals surface area contributed by atoms with E-state index < -0.39 is 8.07 Å². The molecule has 0 aromatic carbocycles. The monoisotopic (exact) mass is 171 g/mol. The standard InChI is InChI=1S/C8H19Si2/c1-5-10(6-2,7-3)8(4)9/h8H,5-7H2,1-4H3. The molecule has 0 nitrogen and oxygen atoms in total. The van der Waals surface area contributed by atoms with Gasteiger partial charge in [0.15, 0.2) is 0 Å². The second-order valence-electron chi connectivity index (χ2n) is 3.14. The third kappa shape index (κ3) is 1.96. The zero-order chi connectivity index (χ0) is 8.20. The first-order valence-electron chi connectivity index (χ1n) is 4.34. The normalized spacial score (nSPS) is 15.3. The second-order valence-corrected chi connectivity index (χ2v) is 10.3. The van der Waals surface area contributed by atoms with E-state index in [0.717, 1.165) is 5.16 Å². The number of rotatable bonds is 4. The SMILES string of the molecule is CC[Si](CC)(CC)C(C)[Si]. The highest BCUT2D eigenvalue weighted by atomic mass is 28.4. The molecule has 0 aliphatic carbocycles. The Morgan fingerprint density at radius 3 is 1.40 bits per heavy atom. The zero-order valence-electron chi connectivity index (χ0n) is 7.70. The van der Waals surface area contributed by atoms with Crippen molar-refractivity contribution in [2.75, 3.05) is 0 Å². The lowest BCUT2D eigenvalue weighted by atomic mass is 10.9. The molecule has 59 valence electrons. The van der Waals surface area contributed by atoms with Gasteiger partial charge in [-0.25, -0.2) is 0 Å². The first-order valence-corrected chi connectivity index (χ1v) is 7.61. The fraction of sp³-hybridized carbons (Fsp3) is 1.00. The van der Waals surface area contributed by atoms with E-state index in [1.807, 2.05) is 0 Å². The minimum Gasteiger partial charge on any atom is -0.0679 e. The van der Waals surface area contributed by atoms with Crippen LogP contribution in [0.4, 0.5) is 0 Å². The van der Waals surface area contributed by atoms with Crippen LogP contribution in [-0.4, -0.2) is 18.3 Å². The summed E-state index contributed by atoms with van der Waals surface area (Å²) in [5, 5.41) is 0.785. The molecule has 0 fully saturated rings. The maximum Gasteiger partial charge on any atom is 0.0523 e. The van der Waals surface area contributed by atoms with Crippen LogP contribution in [0.2, 0.25) is 23.3 Å². The lowest BCUT2D eigenvalue weighted by Crippen LogP contribution is -2.36. The minimum absolute atomic E-state index is 0.785. The van der Waals surface area contributed by atoms with Crippen LogP contribution >= 0.6 is 0 Å². The van der Waals surface area contributed by atoms with E-state index in [-0.39, 0.29) is 0 Å². The lowest BCUT2D eigenvalue weighted by Gasteiger charge is -2.32. The van der Waals surface area contributed by atoms with E-state index in [9.17, 15) is 0 Å². The summed E-state index contributed by atoms with van der Waals surface area (Å²) in [5.74, 6) is 0. The van der Waals surface area contributed by atoms with Gasteiger partial charge in [0.25, 0.3) is 0 Å². The average Bonchev–Trinajstić information content (AvgIpc) is 1.92. The van der Waals surface area contributed by atoms with Crippen molar-refractivity contribution in [3.63, 3.8) is 0 Å². The minimum atomic E-state index is -0.881. The zero-order valence-corrected chi connectivity index (χ0v) is 9.70. The molecule has 0 spiro atoms. The molecule has 0 N–H and O–H groups in total. The number of hydrogen-bond acceptors (Lipinski definition) is 0. The van der Waals surface area contributed by atoms with E-state index in [4.69, 9.17) is 0 Å². The molecular weight excluding hydrogens is 152 g/mol. The molecule has 1 unspecified atom stereocenters. The molecule has 0 amide bonds. The summed E-state index contributed by atoms with van der Waals surface area (Å²) in [5.41, 5.74) is 0. The number of hydrogen-bond donors (Lipinski definition) is 0. The van der Waals surface area contributed by atoms with E-state index >= 15 is 0 Å². The van der Waals surface area contributed by atoms with Gasteiger partial charge in [-0.2, -0.15) is 0 Å². The smallest absolute Gasteiger partial charge is 0.0523 e. The molecule has 0 aromatic rings. The summed E-state index contributed by atoms with van der Waals surface area (Å²) >= 11 is 0. The van der Waals surface area contributed by atoms with Gasteiger partial charge in [-0.1, -0.05) is 51.0 Å². The van der Waals surface area contributed by atoms with Crippen molar-refractivity contribution in [2.45, 2.75) is 51.0 Å². The van der Waals surface area contributed by atoms with Gasteiger partial charge in [0.1, 0.15) is 0 Å². The highest BCUT2D eigenvalue weighted by Gasteiger charge is 2.29. The Morgan fingerprint density at radius 2 is 1.40 bits per heavy atom. The summed E-state index contributed by atoms with van der Waals surface area (Å²) < 4.78 is 0. The van der Waals surface area contributed by atoms with Crippen molar-refractivity contribution in [2.24, 2.45) is 0 Å². The van der Waals surface area contributed by atoms with Gasteiger partial charge in [-0.3, -0.25) is 0 Å². The molecule has 0 aliphatic heterocycles. The maximum absolute atomic E-state index is 3.79. The highest BCUT2D eigenvalue weighted by Crippen LogP contribution is 2.30. The summed E-state index contributed by atoms with van der Waals surface area (Å²) in [4.78, 5) is 0. The Hall–Kier alpha value is 0.434. The Kier molecular flexibility index (Phi) is 4.53. The van der Waals surface area contributed by atoms with E-state index in [0.29, 0.717) is 0 Å². The Balaban J connectivity index is 4.15. The van der Waals surface area contributed by atoms with Crippen molar-refractivity contribution < 1.29 is 0 Å². The van der Waals surface area contributed by atoms with Gasteiger partial charge in [0.05, 0.1) is 8.07 Å². The molecule has 0 heterocycles. The highest BCUT2D eigenvalue weighted by molar-refractivity contribution is 6.85. The van der Waals surface area contributed by atoms with Gasteiger partial charge < -0.3 is 0 Å². The Labute approximate surface area is 69.8 Å². The van der Waals surface area contributed by atoms with Gasteiger partial charge in [-0.15, -0.1) is 0 Å². The van der Waals surface area contributed by atoms with Crippen molar-refractivity contribution in [1.29, 1.82) is 0 Å². The summed E-state index contributed by atoms with van der Waals surface area (Å²) in [7, 11) is 2.91. The summed E-state index contributed by atoms with van der Waals surface area (Å²) in [6, 6.07) is 4.26. The molecule has 0 rings (SSSR count). The third-order valence-corrected chi connectivity index (χ3v) is 10.9. The van der Waals surface area contributed by atoms with Crippen LogP contribution in [0, 0.1) is 0 Å². The fourth-order valence-electron chi connectivity index (χ4n) is 1.67. The molecule has 10 heavy (non-hydrogen) atoms. The molecule has 0 saturated carbocycles. The quantitative estimate of drug-likeness (QED) is 0.571. The van der Waals surface area contributed by atoms with Gasteiger partial charge in [0.2, 0.25) is 0 Å². The van der Waals surface area contributed by atoms with Gasteiger partial charge in [0, 0.05) is 10.2 Å². The maximum atomic E-state index is 3.79.